The Morgan fingerprint density at radius 2 is 0.769 bits per heavy atom. The molecule has 0 saturated carbocycles. The van der Waals surface area contributed by atoms with Crippen LogP contribution in [0.5, 0.6) is 0 Å². The molecule has 0 amide bonds. The molecule has 4 nitrogen and oxygen atoms in total. The van der Waals surface area contributed by atoms with Crippen molar-refractivity contribution in [3.63, 3.8) is 0 Å². The van der Waals surface area contributed by atoms with Gasteiger partial charge in [0.1, 0.15) is 0 Å². The molecule has 0 rings (SSSR count). The third-order valence-corrected chi connectivity index (χ3v) is 5.55. The largest absolute Gasteiger partial charge is 0.466 e. The number of phosphoric acid groups is 1. The first-order chi connectivity index (χ1) is 12.4. The van der Waals surface area contributed by atoms with E-state index in [4.69, 9.17) is 19.2 Å². The van der Waals surface area contributed by atoms with Crippen molar-refractivity contribution in [3.05, 3.63) is 0 Å². The van der Waals surface area contributed by atoms with E-state index < -0.39 is 7.82 Å². The maximum atomic E-state index is 8.88. The van der Waals surface area contributed by atoms with Gasteiger partial charge in [0.2, 0.25) is 0 Å². The monoisotopic (exact) mass is 438 g/mol. The van der Waals surface area contributed by atoms with Crippen LogP contribution in [0.15, 0.2) is 0 Å². The smallest absolute Gasteiger partial charge is 0.303 e. The van der Waals surface area contributed by atoms with Gasteiger partial charge in [0.25, 0.3) is 0 Å². The minimum Gasteiger partial charge on any atom is -0.303 e. The third kappa shape index (κ3) is 39.6. The van der Waals surface area contributed by atoms with Crippen LogP contribution in [0.25, 0.3) is 0 Å². The second-order valence-electron chi connectivity index (χ2n) is 6.94. The van der Waals surface area contributed by atoms with Crippen molar-refractivity contribution in [2.45, 2.75) is 127 Å². The molecule has 0 aliphatic carbocycles. The molecule has 0 spiro atoms. The summed E-state index contributed by atoms with van der Waals surface area (Å²) in [5, 5.41) is 2.86. The molecule has 0 aliphatic rings. The average molecular weight is 439 g/mol. The normalized spacial score (nSPS) is 11.4. The van der Waals surface area contributed by atoms with Gasteiger partial charge in [-0.15, -0.1) is 0 Å². The minimum atomic E-state index is -4.64. The first-order valence-electron chi connectivity index (χ1n) is 10.6. The zero-order chi connectivity index (χ0) is 19.9. The Morgan fingerprint density at radius 3 is 1.04 bits per heavy atom. The van der Waals surface area contributed by atoms with Crippen LogP contribution in [-0.2, 0) is 19.0 Å². The fourth-order valence-corrected chi connectivity index (χ4v) is 3.90. The average Bonchev–Trinajstić information content (AvgIpc) is 2.56. The predicted molar refractivity (Wildman–Crippen MR) is 109 cm³/mol. The van der Waals surface area contributed by atoms with Crippen LogP contribution in [0.1, 0.15) is 117 Å². The van der Waals surface area contributed by atoms with E-state index in [0.29, 0.717) is 0 Å². The number of unbranched alkanes of at least 4 members (excludes halogenated alkanes) is 14. The van der Waals surface area contributed by atoms with Crippen LogP contribution in [-0.4, -0.2) is 14.7 Å². The fourth-order valence-electron chi connectivity index (χ4n) is 2.66. The maximum absolute atomic E-state index is 8.88. The van der Waals surface area contributed by atoms with Gasteiger partial charge in [-0.05, 0) is 0 Å². The van der Waals surface area contributed by atoms with E-state index in [9.17, 15) is 0 Å². The van der Waals surface area contributed by atoms with Crippen LogP contribution in [0, 0.1) is 0 Å². The molecule has 0 aromatic rings. The standard InChI is InChI=1S/2C10H21.Ni.H3O4P/c2*1-3-5-7-9-10-8-6-4-2;;1-5(2,3)4/h2*1,3-10H2,2H3;;(H3,1,2,3,4). The van der Waals surface area contributed by atoms with E-state index in [1.54, 1.807) is 0 Å². The summed E-state index contributed by atoms with van der Waals surface area (Å²) < 4.78 is 8.88. The van der Waals surface area contributed by atoms with Gasteiger partial charge < -0.3 is 14.7 Å². The fraction of sp³-hybridized carbons (Fsp3) is 1.00. The zero-order valence-electron chi connectivity index (χ0n) is 17.2. The zero-order valence-corrected chi connectivity index (χ0v) is 19.1. The quantitative estimate of drug-likeness (QED) is 0.119. The second-order valence-corrected chi connectivity index (χ2v) is 9.45. The van der Waals surface area contributed by atoms with Crippen LogP contribution < -0.4 is 0 Å². The Morgan fingerprint density at radius 1 is 0.538 bits per heavy atom. The molecule has 0 aromatic heterocycles. The molecule has 3 N–H and O–H groups in total. The molecular formula is C20H45NiO4P. The second kappa shape index (κ2) is 23.6. The summed E-state index contributed by atoms with van der Waals surface area (Å²) in [6, 6.07) is 0. The van der Waals surface area contributed by atoms with Gasteiger partial charge in [-0.3, -0.25) is 0 Å². The molecule has 0 heterocycles. The SMILES string of the molecule is CCCCCCCCC[CH2][Ni][CH2]CCCCCCCCC.O=P(O)(O)O. The van der Waals surface area contributed by atoms with Crippen molar-refractivity contribution < 1.29 is 33.7 Å². The van der Waals surface area contributed by atoms with Gasteiger partial charge in [-0.1, -0.05) is 0 Å². The summed E-state index contributed by atoms with van der Waals surface area (Å²) in [5.41, 5.74) is 0. The topological polar surface area (TPSA) is 77.8 Å². The third-order valence-electron chi connectivity index (χ3n) is 4.15. The van der Waals surface area contributed by atoms with Crippen molar-refractivity contribution in [1.29, 1.82) is 0 Å². The van der Waals surface area contributed by atoms with E-state index in [1.165, 1.54) is 114 Å². The first kappa shape index (κ1) is 28.8. The minimum absolute atomic E-state index is 1.37. The van der Waals surface area contributed by atoms with Gasteiger partial charge >= 0.3 is 150 Å². The molecule has 0 bridgehead atoms. The summed E-state index contributed by atoms with van der Waals surface area (Å²) in [7, 11) is -4.64. The molecule has 0 aromatic carbocycles. The molecular weight excluding hydrogens is 394 g/mol. The van der Waals surface area contributed by atoms with Crippen molar-refractivity contribution in [3.8, 4) is 0 Å². The van der Waals surface area contributed by atoms with Crippen LogP contribution >= 0.6 is 7.82 Å². The van der Waals surface area contributed by atoms with Gasteiger partial charge in [0.05, 0.1) is 0 Å². The van der Waals surface area contributed by atoms with E-state index >= 15 is 0 Å². The van der Waals surface area contributed by atoms with E-state index in [-0.39, 0.29) is 0 Å². The number of hydrogen-bond donors (Lipinski definition) is 3. The van der Waals surface area contributed by atoms with Crippen LogP contribution in [0.3, 0.4) is 0 Å². The molecule has 0 unspecified atom stereocenters. The van der Waals surface area contributed by atoms with Gasteiger partial charge in [-0.2, -0.15) is 0 Å². The molecule has 0 fully saturated rings. The Balaban J connectivity index is 0. The molecule has 26 heavy (non-hydrogen) atoms. The van der Waals surface area contributed by atoms with Gasteiger partial charge in [0, 0.05) is 0 Å². The van der Waals surface area contributed by atoms with Crippen molar-refractivity contribution in [1.82, 2.24) is 0 Å². The van der Waals surface area contributed by atoms with Gasteiger partial charge in [0.15, 0.2) is 0 Å². The summed E-state index contributed by atoms with van der Waals surface area (Å²) in [6.45, 7) is 4.59. The van der Waals surface area contributed by atoms with Crippen LogP contribution in [0.4, 0.5) is 0 Å². The summed E-state index contributed by atoms with van der Waals surface area (Å²) in [6.07, 6.45) is 23.3. The van der Waals surface area contributed by atoms with E-state index in [1.807, 2.05) is 14.4 Å². The van der Waals surface area contributed by atoms with Crippen molar-refractivity contribution in [2.24, 2.45) is 0 Å². The molecule has 6 heteroatoms. The van der Waals surface area contributed by atoms with E-state index in [0.717, 1.165) is 0 Å². The molecule has 0 radical (unpaired) electrons. The molecule has 164 valence electrons. The van der Waals surface area contributed by atoms with Crippen molar-refractivity contribution >= 4 is 7.82 Å². The Bertz CT molecular complexity index is 271. The first-order valence-corrected chi connectivity index (χ1v) is 13.6. The van der Waals surface area contributed by atoms with Crippen LogP contribution in [0.2, 0.25) is 10.8 Å². The molecule has 0 saturated heterocycles. The van der Waals surface area contributed by atoms with E-state index in [2.05, 4.69) is 13.8 Å². The summed E-state index contributed by atoms with van der Waals surface area (Å²) in [5.74, 6) is 0. The predicted octanol–water partition coefficient (Wildman–Crippen LogP) is 7.26. The number of rotatable bonds is 18. The Kier molecular flexibility index (Phi) is 26.2. The molecule has 0 atom stereocenters. The number of hydrogen-bond acceptors (Lipinski definition) is 1. The van der Waals surface area contributed by atoms with Gasteiger partial charge in [-0.25, -0.2) is 4.57 Å². The Labute approximate surface area is 169 Å². The summed E-state index contributed by atoms with van der Waals surface area (Å²) in [4.78, 5) is 21.6. The van der Waals surface area contributed by atoms with Crippen molar-refractivity contribution in [2.75, 3.05) is 0 Å². The Hall–Kier alpha value is 0.604. The maximum Gasteiger partial charge on any atom is 0.466 e. The summed E-state index contributed by atoms with van der Waals surface area (Å²) >= 11 is 2.02. The molecule has 0 aliphatic heterocycles.